The van der Waals surface area contributed by atoms with Crippen molar-refractivity contribution in [2.24, 2.45) is 0 Å². The highest BCUT2D eigenvalue weighted by molar-refractivity contribution is 7.92. The van der Waals surface area contributed by atoms with Crippen molar-refractivity contribution in [3.8, 4) is 11.5 Å². The fourth-order valence-electron chi connectivity index (χ4n) is 3.19. The average Bonchev–Trinajstić information content (AvgIpc) is 2.71. The fraction of sp³-hybridized carbons (Fsp3) is 0.409. The van der Waals surface area contributed by atoms with Gasteiger partial charge in [0.2, 0.25) is 10.0 Å². The van der Waals surface area contributed by atoms with Gasteiger partial charge < -0.3 is 14.8 Å². The lowest BCUT2D eigenvalue weighted by atomic mass is 10.1. The van der Waals surface area contributed by atoms with Crippen LogP contribution in [-0.2, 0) is 16.6 Å². The van der Waals surface area contributed by atoms with Crippen LogP contribution in [0.4, 0.5) is 5.69 Å². The van der Waals surface area contributed by atoms with Gasteiger partial charge >= 0.3 is 0 Å². The number of nitrogens with zero attached hydrogens (tertiary/aromatic N) is 1. The van der Waals surface area contributed by atoms with Crippen LogP contribution < -0.4 is 19.1 Å². The molecule has 30 heavy (non-hydrogen) atoms. The quantitative estimate of drug-likeness (QED) is 0.618. The number of hydrogen-bond acceptors (Lipinski definition) is 5. The number of rotatable bonds is 10. The summed E-state index contributed by atoms with van der Waals surface area (Å²) in [5, 5.41) is 2.94. The Kier molecular flexibility index (Phi) is 8.11. The molecule has 0 aliphatic rings. The second-order valence-corrected chi connectivity index (χ2v) is 9.05. The zero-order valence-corrected chi connectivity index (χ0v) is 19.0. The molecular weight excluding hydrogens is 404 g/mol. The lowest BCUT2D eigenvalue weighted by Crippen LogP contribution is -2.35. The Morgan fingerprint density at radius 3 is 2.23 bits per heavy atom. The molecule has 1 N–H and O–H groups in total. The number of methoxy groups -OCH3 is 2. The van der Waals surface area contributed by atoms with Crippen LogP contribution in [0.25, 0.3) is 0 Å². The molecule has 0 aliphatic carbocycles. The number of hydrogen-bond donors (Lipinski definition) is 1. The van der Waals surface area contributed by atoms with Gasteiger partial charge in [-0.25, -0.2) is 8.42 Å². The second-order valence-electron chi connectivity index (χ2n) is 7.14. The third-order valence-electron chi connectivity index (χ3n) is 4.68. The van der Waals surface area contributed by atoms with Gasteiger partial charge in [-0.3, -0.25) is 9.10 Å². The largest absolute Gasteiger partial charge is 0.493 e. The van der Waals surface area contributed by atoms with Crippen molar-refractivity contribution in [3.63, 3.8) is 0 Å². The van der Waals surface area contributed by atoms with E-state index in [1.165, 1.54) is 30.7 Å². The monoisotopic (exact) mass is 434 g/mol. The van der Waals surface area contributed by atoms with E-state index in [-0.39, 0.29) is 29.7 Å². The van der Waals surface area contributed by atoms with E-state index in [1.54, 1.807) is 0 Å². The van der Waals surface area contributed by atoms with Gasteiger partial charge in [0.25, 0.3) is 5.91 Å². The Balaban J connectivity index is 2.61. The minimum absolute atomic E-state index is 0.0516. The normalized spacial score (nSPS) is 12.2. The average molecular weight is 435 g/mol. The molecule has 0 saturated heterocycles. The first-order valence-electron chi connectivity index (χ1n) is 9.79. The first kappa shape index (κ1) is 23.5. The molecule has 0 aromatic heterocycles. The van der Waals surface area contributed by atoms with Gasteiger partial charge in [0.1, 0.15) is 0 Å². The number of nitrogens with one attached hydrogen (secondary N) is 1. The van der Waals surface area contributed by atoms with Crippen molar-refractivity contribution >= 4 is 21.6 Å². The topological polar surface area (TPSA) is 84.9 Å². The predicted octanol–water partition coefficient (Wildman–Crippen LogP) is 3.59. The predicted molar refractivity (Wildman–Crippen MR) is 119 cm³/mol. The Morgan fingerprint density at radius 2 is 1.70 bits per heavy atom. The van der Waals surface area contributed by atoms with E-state index in [0.29, 0.717) is 11.5 Å². The summed E-state index contributed by atoms with van der Waals surface area (Å²) in [6.45, 7) is 4.04. The number of ether oxygens (including phenoxy) is 2. The second kappa shape index (κ2) is 10.3. The van der Waals surface area contributed by atoms with E-state index in [1.807, 2.05) is 44.2 Å². The minimum atomic E-state index is -3.70. The Bertz CT molecular complexity index is 961. The maximum absolute atomic E-state index is 13.1. The summed E-state index contributed by atoms with van der Waals surface area (Å²) in [6.07, 6.45) is 2.85. The summed E-state index contributed by atoms with van der Waals surface area (Å²) in [5.41, 5.74) is 1.24. The molecule has 2 rings (SSSR count). The Morgan fingerprint density at radius 1 is 1.10 bits per heavy atom. The van der Waals surface area contributed by atoms with Crippen molar-refractivity contribution in [2.45, 2.75) is 39.3 Å². The molecule has 2 aromatic carbocycles. The molecule has 2 aromatic rings. The summed E-state index contributed by atoms with van der Waals surface area (Å²) < 4.78 is 37.3. The van der Waals surface area contributed by atoms with Crippen molar-refractivity contribution in [3.05, 3.63) is 53.6 Å². The van der Waals surface area contributed by atoms with Gasteiger partial charge in [-0.1, -0.05) is 43.7 Å². The highest BCUT2D eigenvalue weighted by Gasteiger charge is 2.27. The van der Waals surface area contributed by atoms with Crippen LogP contribution >= 0.6 is 0 Å². The van der Waals surface area contributed by atoms with E-state index in [4.69, 9.17) is 9.47 Å². The fourth-order valence-corrected chi connectivity index (χ4v) is 4.09. The zero-order valence-electron chi connectivity index (χ0n) is 18.1. The third-order valence-corrected chi connectivity index (χ3v) is 5.81. The van der Waals surface area contributed by atoms with E-state index < -0.39 is 10.0 Å². The van der Waals surface area contributed by atoms with Gasteiger partial charge in [-0.05, 0) is 25.0 Å². The Hall–Kier alpha value is -2.74. The molecule has 1 atom stereocenters. The van der Waals surface area contributed by atoms with Crippen LogP contribution in [0.5, 0.6) is 11.5 Å². The lowest BCUT2D eigenvalue weighted by molar-refractivity contribution is 0.0938. The molecule has 0 fully saturated rings. The van der Waals surface area contributed by atoms with Crippen LogP contribution in [0.3, 0.4) is 0 Å². The van der Waals surface area contributed by atoms with Crippen LogP contribution in [0, 0.1) is 0 Å². The van der Waals surface area contributed by atoms with Crippen LogP contribution in [0.2, 0.25) is 0 Å². The third kappa shape index (κ3) is 5.89. The van der Waals surface area contributed by atoms with Crippen LogP contribution in [0.15, 0.2) is 42.5 Å². The van der Waals surface area contributed by atoms with E-state index >= 15 is 0 Å². The minimum Gasteiger partial charge on any atom is -0.493 e. The molecule has 0 aliphatic heterocycles. The Labute approximate surface area is 179 Å². The summed E-state index contributed by atoms with van der Waals surface area (Å²) in [7, 11) is -0.764. The number of benzene rings is 2. The van der Waals surface area contributed by atoms with Crippen molar-refractivity contribution < 1.29 is 22.7 Å². The number of amides is 1. The van der Waals surface area contributed by atoms with E-state index in [2.05, 4.69) is 5.32 Å². The van der Waals surface area contributed by atoms with Gasteiger partial charge in [0.05, 0.1) is 38.3 Å². The molecule has 0 saturated carbocycles. The molecule has 1 amide bonds. The molecule has 0 radical (unpaired) electrons. The number of carbonyl (C=O) groups is 1. The van der Waals surface area contributed by atoms with Gasteiger partial charge in [0, 0.05) is 12.1 Å². The lowest BCUT2D eigenvalue weighted by Gasteiger charge is -2.26. The molecule has 0 spiro atoms. The van der Waals surface area contributed by atoms with Crippen molar-refractivity contribution in [2.75, 3.05) is 24.8 Å². The summed E-state index contributed by atoms with van der Waals surface area (Å²) in [5.74, 6) is 0.323. The SMILES string of the molecule is CCC[C@H](C)NC(=O)c1cc(OC)c(OC)cc1N(Cc1ccccc1)S(C)(=O)=O. The molecule has 8 heteroatoms. The van der Waals surface area contributed by atoms with Crippen LogP contribution in [-0.4, -0.2) is 40.8 Å². The highest BCUT2D eigenvalue weighted by atomic mass is 32.2. The van der Waals surface area contributed by atoms with Crippen molar-refractivity contribution in [1.29, 1.82) is 0 Å². The molecule has 7 nitrogen and oxygen atoms in total. The zero-order chi connectivity index (χ0) is 22.3. The molecule has 0 bridgehead atoms. The first-order valence-corrected chi connectivity index (χ1v) is 11.6. The summed E-state index contributed by atoms with van der Waals surface area (Å²) in [4.78, 5) is 13.1. The van der Waals surface area contributed by atoms with E-state index in [9.17, 15) is 13.2 Å². The maximum Gasteiger partial charge on any atom is 0.253 e. The van der Waals surface area contributed by atoms with Gasteiger partial charge in [0.15, 0.2) is 11.5 Å². The number of anilines is 1. The molecule has 164 valence electrons. The van der Waals surface area contributed by atoms with Crippen molar-refractivity contribution in [1.82, 2.24) is 5.32 Å². The first-order chi connectivity index (χ1) is 14.2. The molecule has 0 heterocycles. The summed E-state index contributed by atoms with van der Waals surface area (Å²) >= 11 is 0. The van der Waals surface area contributed by atoms with E-state index in [0.717, 1.165) is 24.7 Å². The molecular formula is C22H30N2O5S. The summed E-state index contributed by atoms with van der Waals surface area (Å²) in [6, 6.07) is 12.2. The maximum atomic E-state index is 13.1. The smallest absolute Gasteiger partial charge is 0.253 e. The van der Waals surface area contributed by atoms with Gasteiger partial charge in [-0.2, -0.15) is 0 Å². The molecule has 0 unspecified atom stereocenters. The number of carbonyl (C=O) groups excluding carboxylic acids is 1. The van der Waals surface area contributed by atoms with Crippen LogP contribution in [0.1, 0.15) is 42.6 Å². The number of sulfonamides is 1. The highest BCUT2D eigenvalue weighted by Crippen LogP contribution is 2.37. The standard InChI is InChI=1S/C22H30N2O5S/c1-6-10-16(2)23-22(25)18-13-20(28-3)21(29-4)14-19(18)24(30(5,26)27)15-17-11-8-7-9-12-17/h7-9,11-14,16H,6,10,15H2,1-5H3,(H,23,25)/t16-/m0/s1. The van der Waals surface area contributed by atoms with Gasteiger partial charge in [-0.15, -0.1) is 0 Å².